The number of unbranched alkanes of at least 4 members (excludes halogenated alkanes) is 1. The number of hydrogen-bond donors (Lipinski definition) is 1. The Hall–Kier alpha value is -1.70. The van der Waals surface area contributed by atoms with Crippen LogP contribution in [-0.2, 0) is 0 Å². The second-order valence-corrected chi connectivity index (χ2v) is 3.82. The lowest BCUT2D eigenvalue weighted by Crippen LogP contribution is -2.02. The van der Waals surface area contributed by atoms with E-state index < -0.39 is 0 Å². The minimum absolute atomic E-state index is 0.143. The van der Waals surface area contributed by atoms with E-state index in [-0.39, 0.29) is 6.10 Å². The van der Waals surface area contributed by atoms with Crippen molar-refractivity contribution in [2.75, 3.05) is 0 Å². The molecule has 0 radical (unpaired) electrons. The fourth-order valence-electron chi connectivity index (χ4n) is 1.19. The molecule has 0 aliphatic carbocycles. The fourth-order valence-corrected chi connectivity index (χ4v) is 1.19. The first-order valence-corrected chi connectivity index (χ1v) is 6.43. The molecule has 0 saturated carbocycles. The van der Waals surface area contributed by atoms with Crippen LogP contribution >= 0.6 is 0 Å². The maximum atomic E-state index is 9.35. The molecule has 0 amide bonds. The highest BCUT2D eigenvalue weighted by Crippen LogP contribution is 2.04. The highest BCUT2D eigenvalue weighted by molar-refractivity contribution is 5.34. The lowest BCUT2D eigenvalue weighted by atomic mass is 10.1. The molecule has 96 valence electrons. The average Bonchev–Trinajstić information content (AvgIpc) is 2.39. The second-order valence-electron chi connectivity index (χ2n) is 3.82. The predicted molar refractivity (Wildman–Crippen MR) is 78.8 cm³/mol. The average molecular weight is 242 g/mol. The lowest BCUT2D eigenvalue weighted by Gasteiger charge is -2.04. The van der Waals surface area contributed by atoms with Gasteiger partial charge in [0, 0.05) is 0 Å². The summed E-state index contributed by atoms with van der Waals surface area (Å²) in [5.74, 6) is 11.1. The van der Waals surface area contributed by atoms with E-state index in [0.29, 0.717) is 0 Å². The molecular formula is C17H22O. The van der Waals surface area contributed by atoms with Gasteiger partial charge in [-0.05, 0) is 56.6 Å². The second kappa shape index (κ2) is 13.4. The molecule has 0 aliphatic heterocycles. The van der Waals surface area contributed by atoms with Crippen LogP contribution < -0.4 is 0 Å². The molecule has 0 rings (SSSR count). The molecule has 0 aromatic heterocycles. The molecular weight excluding hydrogens is 220 g/mol. The van der Waals surface area contributed by atoms with E-state index in [1.165, 1.54) is 0 Å². The maximum Gasteiger partial charge on any atom is 0.0537 e. The SMILES string of the molecule is C/C=C/C#CC#C/C=C/C=C/CCC[C@@H](O)CC. The van der Waals surface area contributed by atoms with Crippen LogP contribution in [0.2, 0.25) is 0 Å². The van der Waals surface area contributed by atoms with Gasteiger partial charge in [0.15, 0.2) is 0 Å². The first-order chi connectivity index (χ1) is 8.81. The van der Waals surface area contributed by atoms with Crippen molar-refractivity contribution in [3.63, 3.8) is 0 Å². The maximum absolute atomic E-state index is 9.35. The Labute approximate surface area is 111 Å². The summed E-state index contributed by atoms with van der Waals surface area (Å²) in [4.78, 5) is 0. The first-order valence-electron chi connectivity index (χ1n) is 6.43. The van der Waals surface area contributed by atoms with Crippen LogP contribution in [0.5, 0.6) is 0 Å². The molecule has 1 nitrogen and oxygen atoms in total. The smallest absolute Gasteiger partial charge is 0.0537 e. The molecule has 1 N–H and O–H groups in total. The number of aliphatic hydroxyl groups excluding tert-OH is 1. The van der Waals surface area contributed by atoms with Gasteiger partial charge >= 0.3 is 0 Å². The quantitative estimate of drug-likeness (QED) is 0.428. The third-order valence-corrected chi connectivity index (χ3v) is 2.26. The molecule has 0 fully saturated rings. The number of allylic oxidation sites excluding steroid dienone is 6. The molecule has 0 unspecified atom stereocenters. The summed E-state index contributed by atoms with van der Waals surface area (Å²) in [5.41, 5.74) is 0. The van der Waals surface area contributed by atoms with Gasteiger partial charge in [-0.15, -0.1) is 0 Å². The van der Waals surface area contributed by atoms with Crippen molar-refractivity contribution in [3.05, 3.63) is 36.5 Å². The van der Waals surface area contributed by atoms with E-state index in [2.05, 4.69) is 29.8 Å². The summed E-state index contributed by atoms with van der Waals surface area (Å²) in [6.45, 7) is 3.92. The van der Waals surface area contributed by atoms with Crippen LogP contribution in [0.3, 0.4) is 0 Å². The summed E-state index contributed by atoms with van der Waals surface area (Å²) in [5, 5.41) is 9.35. The molecule has 0 heterocycles. The lowest BCUT2D eigenvalue weighted by molar-refractivity contribution is 0.158. The summed E-state index contributed by atoms with van der Waals surface area (Å²) in [7, 11) is 0. The van der Waals surface area contributed by atoms with Crippen LogP contribution in [0.15, 0.2) is 36.5 Å². The molecule has 0 aromatic carbocycles. The Morgan fingerprint density at radius 3 is 2.50 bits per heavy atom. The Morgan fingerprint density at radius 1 is 1.11 bits per heavy atom. The minimum atomic E-state index is -0.143. The monoisotopic (exact) mass is 242 g/mol. The molecule has 0 saturated heterocycles. The van der Waals surface area contributed by atoms with Crippen LogP contribution in [0.1, 0.15) is 39.5 Å². The van der Waals surface area contributed by atoms with Gasteiger partial charge in [0.05, 0.1) is 6.10 Å². The highest BCUT2D eigenvalue weighted by atomic mass is 16.3. The summed E-state index contributed by atoms with van der Waals surface area (Å²) in [6.07, 6.45) is 15.0. The van der Waals surface area contributed by atoms with E-state index in [1.54, 1.807) is 12.2 Å². The summed E-state index contributed by atoms with van der Waals surface area (Å²) in [6, 6.07) is 0. The van der Waals surface area contributed by atoms with Crippen LogP contribution in [0.4, 0.5) is 0 Å². The van der Waals surface area contributed by atoms with Crippen molar-refractivity contribution >= 4 is 0 Å². The normalized spacial score (nSPS) is 12.4. The molecule has 1 atom stereocenters. The fraction of sp³-hybridized carbons (Fsp3) is 0.412. The predicted octanol–water partition coefficient (Wildman–Crippen LogP) is 3.62. The Kier molecular flexibility index (Phi) is 12.1. The molecule has 18 heavy (non-hydrogen) atoms. The van der Waals surface area contributed by atoms with Crippen LogP contribution in [0.25, 0.3) is 0 Å². The van der Waals surface area contributed by atoms with Gasteiger partial charge in [0.1, 0.15) is 0 Å². The van der Waals surface area contributed by atoms with Gasteiger partial charge in [-0.2, -0.15) is 0 Å². The highest BCUT2D eigenvalue weighted by Gasteiger charge is 1.97. The molecule has 0 aromatic rings. The summed E-state index contributed by atoms with van der Waals surface area (Å²) < 4.78 is 0. The summed E-state index contributed by atoms with van der Waals surface area (Å²) >= 11 is 0. The van der Waals surface area contributed by atoms with Crippen molar-refractivity contribution in [1.82, 2.24) is 0 Å². The van der Waals surface area contributed by atoms with Crippen molar-refractivity contribution < 1.29 is 5.11 Å². The van der Waals surface area contributed by atoms with E-state index in [1.807, 2.05) is 32.1 Å². The molecule has 1 heteroatoms. The first kappa shape index (κ1) is 16.3. The Bertz CT molecular complexity index is 391. The molecule has 0 aliphatic rings. The standard InChI is InChI=1S/C17H22O/c1-3-5-6-7-8-9-10-11-12-13-14-15-16-17(18)4-2/h3,5,10-13,17-18H,4,14-16H2,1-2H3/b5-3+,11-10+,13-12+/t17-/m0/s1. The number of hydrogen-bond acceptors (Lipinski definition) is 1. The van der Waals surface area contributed by atoms with Crippen LogP contribution in [-0.4, -0.2) is 11.2 Å². The largest absolute Gasteiger partial charge is 0.393 e. The molecule has 0 spiro atoms. The van der Waals surface area contributed by atoms with Crippen molar-refractivity contribution in [1.29, 1.82) is 0 Å². The minimum Gasteiger partial charge on any atom is -0.393 e. The zero-order valence-corrected chi connectivity index (χ0v) is 11.3. The zero-order valence-electron chi connectivity index (χ0n) is 11.3. The molecule has 0 bridgehead atoms. The Morgan fingerprint density at radius 2 is 1.83 bits per heavy atom. The van der Waals surface area contributed by atoms with E-state index in [9.17, 15) is 5.11 Å². The zero-order chi connectivity index (χ0) is 13.5. The Balaban J connectivity index is 3.67. The van der Waals surface area contributed by atoms with Crippen molar-refractivity contribution in [2.24, 2.45) is 0 Å². The van der Waals surface area contributed by atoms with Gasteiger partial charge in [-0.1, -0.05) is 43.1 Å². The number of rotatable bonds is 6. The van der Waals surface area contributed by atoms with Crippen LogP contribution in [0, 0.1) is 23.7 Å². The third-order valence-electron chi connectivity index (χ3n) is 2.26. The van der Waals surface area contributed by atoms with Crippen molar-refractivity contribution in [3.8, 4) is 23.7 Å². The van der Waals surface area contributed by atoms with Crippen molar-refractivity contribution in [2.45, 2.75) is 45.6 Å². The van der Waals surface area contributed by atoms with E-state index >= 15 is 0 Å². The van der Waals surface area contributed by atoms with Gasteiger partial charge in [0.25, 0.3) is 0 Å². The number of aliphatic hydroxyl groups is 1. The van der Waals surface area contributed by atoms with E-state index in [4.69, 9.17) is 0 Å². The van der Waals surface area contributed by atoms with Gasteiger partial charge in [-0.3, -0.25) is 0 Å². The van der Waals surface area contributed by atoms with Gasteiger partial charge < -0.3 is 5.11 Å². The van der Waals surface area contributed by atoms with E-state index in [0.717, 1.165) is 25.7 Å². The topological polar surface area (TPSA) is 20.2 Å². The van der Waals surface area contributed by atoms with Gasteiger partial charge in [0.2, 0.25) is 0 Å². The third kappa shape index (κ3) is 12.4. The van der Waals surface area contributed by atoms with Gasteiger partial charge in [-0.25, -0.2) is 0 Å².